The number of rotatable bonds is 2. The summed E-state index contributed by atoms with van der Waals surface area (Å²) in [6.45, 7) is 0. The number of aryl methyl sites for hydroxylation is 1. The monoisotopic (exact) mass is 215 g/mol. The first-order chi connectivity index (χ1) is 7.81. The van der Waals surface area contributed by atoms with Crippen LogP contribution in [-0.2, 0) is 7.05 Å². The fraction of sp³-hybridized carbons (Fsp3) is 0.100. The van der Waals surface area contributed by atoms with Gasteiger partial charge in [-0.25, -0.2) is 10.6 Å². The number of nitrogens with zero attached hydrogens (tertiary/aromatic N) is 4. The molecule has 0 saturated carbocycles. The molecule has 0 spiro atoms. The van der Waals surface area contributed by atoms with Crippen molar-refractivity contribution >= 4 is 11.5 Å². The predicted molar refractivity (Wildman–Crippen MR) is 57.1 cm³/mol. The normalized spacial score (nSPS) is 11.1. The largest absolute Gasteiger partial charge is 0.394 e. The molecule has 0 unspecified atom stereocenters. The zero-order chi connectivity index (χ0) is 11.1. The summed E-state index contributed by atoms with van der Waals surface area (Å²) in [5.41, 5.74) is 8.12. The van der Waals surface area contributed by atoms with Crippen molar-refractivity contribution in [3.8, 4) is 5.95 Å². The van der Waals surface area contributed by atoms with Gasteiger partial charge in [-0.2, -0.15) is 13.6 Å². The van der Waals surface area contributed by atoms with Crippen LogP contribution in [0.1, 0.15) is 0 Å². The second kappa shape index (κ2) is 3.06. The summed E-state index contributed by atoms with van der Waals surface area (Å²) in [5, 5.41) is 6.69. The average molecular weight is 215 g/mol. The molecule has 3 heterocycles. The summed E-state index contributed by atoms with van der Waals surface area (Å²) in [6, 6.07) is 7.63. The molecule has 0 bridgehead atoms. The Labute approximate surface area is 91.2 Å². The molecule has 0 aliphatic heterocycles. The highest BCUT2D eigenvalue weighted by Crippen LogP contribution is 2.17. The van der Waals surface area contributed by atoms with Crippen LogP contribution in [-0.4, -0.2) is 14.1 Å². The molecule has 3 aromatic rings. The van der Waals surface area contributed by atoms with Gasteiger partial charge in [0.15, 0.2) is 0 Å². The van der Waals surface area contributed by atoms with Gasteiger partial charge in [-0.05, 0) is 12.1 Å². The fourth-order valence-electron chi connectivity index (χ4n) is 1.94. The van der Waals surface area contributed by atoms with E-state index in [4.69, 9.17) is 5.53 Å². The lowest BCUT2D eigenvalue weighted by Gasteiger charge is -1.96. The van der Waals surface area contributed by atoms with E-state index in [2.05, 4.69) is 10.2 Å². The Morgan fingerprint density at radius 3 is 2.94 bits per heavy atom. The molecule has 2 N–H and O–H groups in total. The molecule has 6 nitrogen and oxygen atoms in total. The summed E-state index contributed by atoms with van der Waals surface area (Å²) in [4.78, 5) is 0. The maximum Gasteiger partial charge on any atom is 0.394 e. The SMILES string of the molecule is C[n+]1[nH]c2cccn2c1-n1cccc1N=N. The van der Waals surface area contributed by atoms with Gasteiger partial charge in [0.25, 0.3) is 0 Å². The summed E-state index contributed by atoms with van der Waals surface area (Å²) in [6.07, 6.45) is 3.85. The number of fused-ring (bicyclic) bond motifs is 1. The Bertz CT molecular complexity index is 656. The van der Waals surface area contributed by atoms with Gasteiger partial charge < -0.3 is 0 Å². The smallest absolute Gasteiger partial charge is 0.219 e. The highest BCUT2D eigenvalue weighted by molar-refractivity contribution is 5.43. The average Bonchev–Trinajstić information content (AvgIpc) is 2.91. The van der Waals surface area contributed by atoms with Crippen LogP contribution in [0.3, 0.4) is 0 Å². The summed E-state index contributed by atoms with van der Waals surface area (Å²) >= 11 is 0. The van der Waals surface area contributed by atoms with E-state index in [1.165, 1.54) is 0 Å². The first-order valence-corrected chi connectivity index (χ1v) is 4.91. The van der Waals surface area contributed by atoms with Crippen LogP contribution < -0.4 is 4.68 Å². The molecule has 6 heteroatoms. The number of hydrogen-bond acceptors (Lipinski definition) is 2. The molecule has 16 heavy (non-hydrogen) atoms. The first kappa shape index (κ1) is 8.90. The van der Waals surface area contributed by atoms with Gasteiger partial charge in [-0.3, -0.25) is 0 Å². The Hall–Kier alpha value is -2.37. The Kier molecular flexibility index (Phi) is 1.70. The number of hydrogen-bond donors (Lipinski definition) is 2. The second-order valence-corrected chi connectivity index (χ2v) is 3.58. The predicted octanol–water partition coefficient (Wildman–Crippen LogP) is 1.55. The van der Waals surface area contributed by atoms with E-state index in [1.54, 1.807) is 6.07 Å². The molecule has 0 fully saturated rings. The zero-order valence-electron chi connectivity index (χ0n) is 8.75. The molecule has 0 aromatic carbocycles. The van der Waals surface area contributed by atoms with Crippen molar-refractivity contribution in [2.75, 3.05) is 0 Å². The van der Waals surface area contributed by atoms with Crippen LogP contribution in [0, 0.1) is 5.53 Å². The van der Waals surface area contributed by atoms with Crippen molar-refractivity contribution in [2.24, 2.45) is 12.2 Å². The Morgan fingerprint density at radius 2 is 2.12 bits per heavy atom. The van der Waals surface area contributed by atoms with E-state index >= 15 is 0 Å². The Balaban J connectivity index is 2.36. The third-order valence-corrected chi connectivity index (χ3v) is 2.60. The zero-order valence-corrected chi connectivity index (χ0v) is 8.75. The number of nitrogens with one attached hydrogen (secondary N) is 2. The van der Waals surface area contributed by atoms with Crippen LogP contribution in [0.2, 0.25) is 0 Å². The molecular weight excluding hydrogens is 204 g/mol. The van der Waals surface area contributed by atoms with E-state index in [9.17, 15) is 0 Å². The van der Waals surface area contributed by atoms with Gasteiger partial charge in [-0.15, -0.1) is 5.11 Å². The third-order valence-electron chi connectivity index (χ3n) is 2.60. The molecule has 0 radical (unpaired) electrons. The number of aromatic nitrogens is 4. The van der Waals surface area contributed by atoms with E-state index in [0.717, 1.165) is 11.6 Å². The quantitative estimate of drug-likeness (QED) is 0.481. The molecule has 0 aliphatic carbocycles. The van der Waals surface area contributed by atoms with Crippen LogP contribution >= 0.6 is 0 Å². The lowest BCUT2D eigenvalue weighted by Crippen LogP contribution is -2.35. The van der Waals surface area contributed by atoms with E-state index in [-0.39, 0.29) is 0 Å². The maximum absolute atomic E-state index is 7.12. The molecule has 0 atom stereocenters. The van der Waals surface area contributed by atoms with E-state index in [0.29, 0.717) is 5.82 Å². The molecule has 80 valence electrons. The highest BCUT2D eigenvalue weighted by Gasteiger charge is 2.19. The van der Waals surface area contributed by atoms with Crippen molar-refractivity contribution in [1.29, 1.82) is 5.53 Å². The van der Waals surface area contributed by atoms with E-state index in [1.807, 2.05) is 51.3 Å². The van der Waals surface area contributed by atoms with Gasteiger partial charge in [0.05, 0.1) is 19.4 Å². The lowest BCUT2D eigenvalue weighted by molar-refractivity contribution is -0.721. The van der Waals surface area contributed by atoms with Crippen LogP contribution in [0.5, 0.6) is 0 Å². The minimum atomic E-state index is 0.602. The first-order valence-electron chi connectivity index (χ1n) is 4.91. The summed E-state index contributed by atoms with van der Waals surface area (Å²) in [7, 11) is 1.93. The standard InChI is InChI=1S/C10H11N6/c1-14-10(15-6-2-4-8(15)12-11)16-7-3-5-9(16)13-14/h2-7,11,13H,1H3/q+1. The summed E-state index contributed by atoms with van der Waals surface area (Å²) in [5.74, 6) is 1.52. The van der Waals surface area contributed by atoms with E-state index < -0.39 is 0 Å². The van der Waals surface area contributed by atoms with Crippen LogP contribution in [0.15, 0.2) is 41.8 Å². The topological polar surface area (TPSA) is 65.2 Å². The number of H-pyrrole nitrogens is 1. The minimum absolute atomic E-state index is 0.602. The van der Waals surface area contributed by atoms with Gasteiger partial charge in [0.1, 0.15) is 0 Å². The van der Waals surface area contributed by atoms with Crippen molar-refractivity contribution in [3.63, 3.8) is 0 Å². The van der Waals surface area contributed by atoms with Gasteiger partial charge in [0.2, 0.25) is 11.5 Å². The third kappa shape index (κ3) is 1.04. The number of aromatic amines is 1. The van der Waals surface area contributed by atoms with Gasteiger partial charge in [0, 0.05) is 12.1 Å². The van der Waals surface area contributed by atoms with Gasteiger partial charge >= 0.3 is 5.95 Å². The molecule has 3 rings (SSSR count). The Morgan fingerprint density at radius 1 is 1.31 bits per heavy atom. The maximum atomic E-state index is 7.12. The van der Waals surface area contributed by atoms with Crippen molar-refractivity contribution in [1.82, 2.24) is 14.1 Å². The fourth-order valence-corrected chi connectivity index (χ4v) is 1.94. The molecular formula is C10H11N6+. The minimum Gasteiger partial charge on any atom is -0.219 e. The molecule has 0 saturated heterocycles. The van der Waals surface area contributed by atoms with Crippen LogP contribution in [0.4, 0.5) is 5.82 Å². The van der Waals surface area contributed by atoms with Crippen molar-refractivity contribution < 1.29 is 4.68 Å². The second-order valence-electron chi connectivity index (χ2n) is 3.58. The molecule has 3 aromatic heterocycles. The van der Waals surface area contributed by atoms with Crippen molar-refractivity contribution in [3.05, 3.63) is 36.7 Å². The van der Waals surface area contributed by atoms with Crippen LogP contribution in [0.25, 0.3) is 11.6 Å². The highest BCUT2D eigenvalue weighted by atomic mass is 15.4. The van der Waals surface area contributed by atoms with Crippen molar-refractivity contribution in [2.45, 2.75) is 0 Å². The lowest BCUT2D eigenvalue weighted by atomic mass is 10.6. The molecule has 0 aliphatic rings. The summed E-state index contributed by atoms with van der Waals surface area (Å²) < 4.78 is 5.76. The molecule has 0 amide bonds. The van der Waals surface area contributed by atoms with Gasteiger partial charge in [-0.1, -0.05) is 0 Å².